The maximum Gasteiger partial charge on any atom is 3.00 e. The molecule has 2 heterocycles. The number of carbonyl (C=O) groups excluding carboxylic acids is 2. The Labute approximate surface area is 380 Å². The summed E-state index contributed by atoms with van der Waals surface area (Å²) in [5, 5.41) is 70.9. The summed E-state index contributed by atoms with van der Waals surface area (Å²) >= 11 is 0. The van der Waals surface area contributed by atoms with E-state index in [9.17, 15) is 30.0 Å². The second-order valence-electron chi connectivity index (χ2n) is 14.3. The number of nitrogens with two attached hydrogens (primary N) is 1. The molecule has 63 heavy (non-hydrogen) atoms. The number of hydrogen-bond donors (Lipinski definition) is 1. The fraction of sp³-hybridized carbons (Fsp3) is 0.319. The average molecular weight is 893 g/mol. The average Bonchev–Trinajstić information content (AvgIpc) is 3.74. The predicted octanol–water partition coefficient (Wildman–Crippen LogP) is 8.43. The molecule has 0 aliphatic carbocycles. The molecule has 1 radical (unpaired) electrons. The minimum absolute atomic E-state index is 0. The van der Waals surface area contributed by atoms with Crippen LogP contribution in [-0.2, 0) is 17.4 Å². The molecule has 0 aliphatic rings. The standard InChI is InChI=1S/2C17H14N4O3.C13H29N.Cr/c2*1-11-15(16(22)21(20-11)12-7-3-2-4-8-12)19-18-14-10-6-5-9-13(14)17(23)24;1-2-3-4-5-6-7-8-9-10-11-12-13-14;/h2*2-10,22H,1H3,(H,23,24);2-14H2,1H3;/q;;;+3/p-3. The molecule has 0 aliphatic heterocycles. The van der Waals surface area contributed by atoms with Crippen molar-refractivity contribution in [3.8, 4) is 23.1 Å². The van der Waals surface area contributed by atoms with Gasteiger partial charge in [0.05, 0.1) is 46.1 Å². The topological polar surface area (TPSA) is 237 Å². The first-order valence-corrected chi connectivity index (χ1v) is 20.9. The Bertz CT molecular complexity index is 2210. The van der Waals surface area contributed by atoms with Gasteiger partial charge in [-0.1, -0.05) is 144 Å². The fourth-order valence-electron chi connectivity index (χ4n) is 6.20. The van der Waals surface area contributed by atoms with Crippen molar-refractivity contribution < 1.29 is 48.8 Å². The SMILES string of the molecule is CCCCCCCCCCCCCN.Cc1nn(-c2ccccc2)c([O-])c1N=Nc1ccccc1C(=O)[O-].Cc1nn(-c2ccccc2)c([O-])c1N=Nc1ccccc1C(=O)[O-].[Cr+3].[H+]. The maximum atomic E-state index is 12.4. The molecule has 4 aromatic carbocycles. The van der Waals surface area contributed by atoms with Crippen molar-refractivity contribution in [3.05, 3.63) is 132 Å². The third-order valence-electron chi connectivity index (χ3n) is 9.55. The number of rotatable bonds is 19. The fourth-order valence-corrected chi connectivity index (χ4v) is 6.20. The molecule has 2 aromatic heterocycles. The van der Waals surface area contributed by atoms with Crippen LogP contribution >= 0.6 is 0 Å². The van der Waals surface area contributed by atoms with E-state index in [-0.39, 0.29) is 52.7 Å². The molecule has 0 fully saturated rings. The van der Waals surface area contributed by atoms with Crippen LogP contribution in [-0.4, -0.2) is 38.0 Å². The van der Waals surface area contributed by atoms with Crippen molar-refractivity contribution >= 4 is 34.7 Å². The normalized spacial score (nSPS) is 10.8. The first-order valence-electron chi connectivity index (χ1n) is 20.9. The van der Waals surface area contributed by atoms with Crippen LogP contribution in [0.25, 0.3) is 11.4 Å². The van der Waals surface area contributed by atoms with Gasteiger partial charge in [0, 0.05) is 22.9 Å². The van der Waals surface area contributed by atoms with E-state index in [2.05, 4.69) is 37.6 Å². The summed E-state index contributed by atoms with van der Waals surface area (Å²) < 4.78 is 2.46. The van der Waals surface area contributed by atoms with E-state index in [0.29, 0.717) is 22.8 Å². The molecule has 0 atom stereocenters. The Balaban J connectivity index is 0.000000338. The van der Waals surface area contributed by atoms with Crippen LogP contribution in [0.2, 0.25) is 0 Å². The van der Waals surface area contributed by atoms with E-state index in [1.807, 2.05) is 12.1 Å². The van der Waals surface area contributed by atoms with Crippen LogP contribution in [0.4, 0.5) is 22.7 Å². The predicted molar refractivity (Wildman–Crippen MR) is 232 cm³/mol. The second kappa shape index (κ2) is 27.5. The molecule has 16 heteroatoms. The van der Waals surface area contributed by atoms with Gasteiger partial charge >= 0.3 is 18.8 Å². The smallest absolute Gasteiger partial charge is 0.857 e. The Kier molecular flexibility index (Phi) is 22.2. The zero-order chi connectivity index (χ0) is 44.7. The van der Waals surface area contributed by atoms with Crippen molar-refractivity contribution in [1.82, 2.24) is 19.6 Å². The first-order chi connectivity index (χ1) is 30.1. The number of hydrogen-bond acceptors (Lipinski definition) is 13. The number of azo groups is 2. The van der Waals surface area contributed by atoms with Gasteiger partial charge in [0.25, 0.3) is 0 Å². The van der Waals surface area contributed by atoms with Crippen molar-refractivity contribution in [1.29, 1.82) is 0 Å². The molecule has 0 spiro atoms. The number of para-hydroxylation sites is 2. The second-order valence-corrected chi connectivity index (χ2v) is 14.3. The van der Waals surface area contributed by atoms with E-state index in [4.69, 9.17) is 5.73 Å². The van der Waals surface area contributed by atoms with Crippen LogP contribution in [0.3, 0.4) is 0 Å². The van der Waals surface area contributed by atoms with Crippen LogP contribution in [0.5, 0.6) is 11.8 Å². The summed E-state index contributed by atoms with van der Waals surface area (Å²) in [7, 11) is 0. The zero-order valence-electron chi connectivity index (χ0n) is 36.9. The molecule has 0 saturated carbocycles. The van der Waals surface area contributed by atoms with Crippen molar-refractivity contribution in [2.45, 2.75) is 91.4 Å². The zero-order valence-corrected chi connectivity index (χ0v) is 37.2. The largest absolute Gasteiger partial charge is 3.00 e. The summed E-state index contributed by atoms with van der Waals surface area (Å²) in [5.41, 5.74) is 7.63. The Morgan fingerprint density at radius 2 is 0.873 bits per heavy atom. The van der Waals surface area contributed by atoms with E-state index >= 15 is 0 Å². The third-order valence-corrected chi connectivity index (χ3v) is 9.55. The quantitative estimate of drug-likeness (QED) is 0.0605. The van der Waals surface area contributed by atoms with Gasteiger partial charge in [-0.3, -0.25) is 0 Å². The monoisotopic (exact) mass is 892 g/mol. The molecular formula is C47H54CrN9O6. The molecule has 329 valence electrons. The van der Waals surface area contributed by atoms with Gasteiger partial charge in [-0.2, -0.15) is 10.2 Å². The number of carbonyl (C=O) groups is 2. The molecule has 0 saturated heterocycles. The van der Waals surface area contributed by atoms with Gasteiger partial charge < -0.3 is 35.7 Å². The van der Waals surface area contributed by atoms with E-state index in [0.717, 1.165) is 6.54 Å². The summed E-state index contributed by atoms with van der Waals surface area (Å²) in [6, 6.07) is 29.9. The van der Waals surface area contributed by atoms with E-state index in [1.54, 1.807) is 86.6 Å². The molecule has 2 N–H and O–H groups in total. The third kappa shape index (κ3) is 15.7. The molecule has 0 unspecified atom stereocenters. The number of carboxylic acid groups (broad SMARTS) is 2. The van der Waals surface area contributed by atoms with Gasteiger partial charge in [-0.15, -0.1) is 20.5 Å². The van der Waals surface area contributed by atoms with Gasteiger partial charge in [0.1, 0.15) is 11.4 Å². The molecule has 6 rings (SSSR count). The van der Waals surface area contributed by atoms with Crippen molar-refractivity contribution in [2.24, 2.45) is 26.2 Å². The van der Waals surface area contributed by atoms with Crippen molar-refractivity contribution in [3.63, 3.8) is 0 Å². The molecule has 6 aromatic rings. The number of unbranched alkanes of at least 4 members (excludes halogenated alkanes) is 10. The number of aromatic nitrogens is 4. The van der Waals surface area contributed by atoms with E-state index < -0.39 is 23.7 Å². The number of aryl methyl sites for hydroxylation is 2. The molecule has 15 nitrogen and oxygen atoms in total. The van der Waals surface area contributed by atoms with Crippen LogP contribution < -0.4 is 26.2 Å². The van der Waals surface area contributed by atoms with Gasteiger partial charge in [-0.05, 0) is 63.2 Å². The summed E-state index contributed by atoms with van der Waals surface area (Å²) in [6.07, 6.45) is 15.4. The van der Waals surface area contributed by atoms with Gasteiger partial charge in [0.2, 0.25) is 0 Å². The Hall–Kier alpha value is -6.47. The molecule has 0 bridgehead atoms. The summed E-state index contributed by atoms with van der Waals surface area (Å²) in [5.74, 6) is -3.56. The number of benzene rings is 4. The maximum absolute atomic E-state index is 12.4. The minimum Gasteiger partial charge on any atom is -0.857 e. The van der Waals surface area contributed by atoms with Crippen LogP contribution in [0.15, 0.2) is 130 Å². The summed E-state index contributed by atoms with van der Waals surface area (Å²) in [6.45, 7) is 6.42. The number of aromatic carboxylic acids is 2. The van der Waals surface area contributed by atoms with Gasteiger partial charge in [-0.25, -0.2) is 9.36 Å². The van der Waals surface area contributed by atoms with Crippen molar-refractivity contribution in [2.75, 3.05) is 6.54 Å². The molecular weight excluding hydrogens is 839 g/mol. The summed E-state index contributed by atoms with van der Waals surface area (Å²) in [4.78, 5) is 22.1. The van der Waals surface area contributed by atoms with Crippen LogP contribution in [0, 0.1) is 13.8 Å². The number of carboxylic acids is 2. The van der Waals surface area contributed by atoms with Crippen LogP contribution in [0.1, 0.15) is 111 Å². The number of nitrogens with zero attached hydrogens (tertiary/aromatic N) is 8. The van der Waals surface area contributed by atoms with Gasteiger partial charge in [0.15, 0.2) is 0 Å². The van der Waals surface area contributed by atoms with E-state index in [1.165, 1.54) is 104 Å². The minimum atomic E-state index is -1.36. The Morgan fingerprint density at radius 3 is 1.22 bits per heavy atom. The first kappa shape index (κ1) is 50.9. The Morgan fingerprint density at radius 1 is 0.540 bits per heavy atom. The molecule has 0 amide bonds.